The Balaban J connectivity index is 2.18. The molecule has 0 spiro atoms. The molecule has 0 aliphatic rings. The lowest BCUT2D eigenvalue weighted by Crippen LogP contribution is -2.24. The fraction of sp³-hybridized carbons (Fsp3) is 0.0833. The van der Waals surface area contributed by atoms with Gasteiger partial charge in [-0.1, -0.05) is 0 Å². The van der Waals surface area contributed by atoms with Gasteiger partial charge in [0, 0.05) is 12.1 Å². The van der Waals surface area contributed by atoms with Crippen molar-refractivity contribution in [1.82, 2.24) is 5.32 Å². The summed E-state index contributed by atoms with van der Waals surface area (Å²) in [5.74, 6) is 5.37. The van der Waals surface area contributed by atoms with Crippen LogP contribution in [0.15, 0.2) is 41.0 Å². The van der Waals surface area contributed by atoms with Gasteiger partial charge in [0.05, 0.1) is 29.0 Å². The summed E-state index contributed by atoms with van der Waals surface area (Å²) in [6, 6.07) is 7.20. The minimum absolute atomic E-state index is 0.0910. The summed E-state index contributed by atoms with van der Waals surface area (Å²) >= 11 is 0. The van der Waals surface area contributed by atoms with Crippen LogP contribution in [0.2, 0.25) is 0 Å². The number of carbonyl (C=O) groups excluding carboxylic acids is 1. The van der Waals surface area contributed by atoms with Crippen LogP contribution in [0.3, 0.4) is 0 Å². The Morgan fingerprint density at radius 2 is 2.20 bits per heavy atom. The molecule has 20 heavy (non-hydrogen) atoms. The molecule has 2 aromatic rings. The number of hydrogen-bond donors (Lipinski definition) is 3. The number of anilines is 1. The molecule has 0 aliphatic heterocycles. The Kier molecular flexibility index (Phi) is 3.96. The highest BCUT2D eigenvalue weighted by Gasteiger charge is 2.16. The van der Waals surface area contributed by atoms with E-state index in [9.17, 15) is 14.9 Å². The molecule has 0 aliphatic carbocycles. The highest BCUT2D eigenvalue weighted by atomic mass is 16.6. The second-order valence-electron chi connectivity index (χ2n) is 3.89. The molecule has 0 radical (unpaired) electrons. The first-order valence-corrected chi connectivity index (χ1v) is 5.67. The zero-order valence-electron chi connectivity index (χ0n) is 10.3. The molecule has 0 atom stereocenters. The first kappa shape index (κ1) is 13.6. The van der Waals surface area contributed by atoms with Crippen molar-refractivity contribution in [3.8, 4) is 0 Å². The number of hydrazine groups is 1. The number of hydrogen-bond acceptors (Lipinski definition) is 6. The number of nitrogen functional groups attached to an aromatic ring is 1. The lowest BCUT2D eigenvalue weighted by Gasteiger charge is -2.08. The van der Waals surface area contributed by atoms with Crippen LogP contribution < -0.4 is 16.6 Å². The molecule has 0 unspecified atom stereocenters. The number of benzene rings is 1. The topological polar surface area (TPSA) is 123 Å². The van der Waals surface area contributed by atoms with E-state index in [1.54, 1.807) is 12.1 Å². The normalized spacial score (nSPS) is 10.1. The van der Waals surface area contributed by atoms with E-state index in [1.165, 1.54) is 18.4 Å². The van der Waals surface area contributed by atoms with E-state index < -0.39 is 10.8 Å². The Hall–Kier alpha value is -2.87. The first-order chi connectivity index (χ1) is 9.61. The van der Waals surface area contributed by atoms with Crippen LogP contribution in [0.1, 0.15) is 16.1 Å². The van der Waals surface area contributed by atoms with E-state index in [0.29, 0.717) is 11.4 Å². The molecule has 1 aromatic heterocycles. The Morgan fingerprint density at radius 1 is 1.40 bits per heavy atom. The monoisotopic (exact) mass is 276 g/mol. The Labute approximate surface area is 113 Å². The number of rotatable bonds is 5. The number of furan rings is 1. The van der Waals surface area contributed by atoms with E-state index in [4.69, 9.17) is 10.3 Å². The van der Waals surface area contributed by atoms with E-state index >= 15 is 0 Å². The summed E-state index contributed by atoms with van der Waals surface area (Å²) in [5, 5.41) is 13.3. The van der Waals surface area contributed by atoms with Crippen LogP contribution in [0.25, 0.3) is 0 Å². The van der Waals surface area contributed by atoms with Gasteiger partial charge >= 0.3 is 0 Å². The molecule has 8 heteroatoms. The van der Waals surface area contributed by atoms with Crippen molar-refractivity contribution >= 4 is 17.3 Å². The summed E-state index contributed by atoms with van der Waals surface area (Å²) in [6.45, 7) is 0.179. The van der Waals surface area contributed by atoms with Crippen molar-refractivity contribution in [2.75, 3.05) is 5.43 Å². The fourth-order valence-corrected chi connectivity index (χ4v) is 1.64. The van der Waals surface area contributed by atoms with E-state index in [2.05, 4.69) is 10.7 Å². The average Bonchev–Trinajstić information content (AvgIpc) is 2.97. The smallest absolute Gasteiger partial charge is 0.270 e. The van der Waals surface area contributed by atoms with Gasteiger partial charge < -0.3 is 15.2 Å². The largest absolute Gasteiger partial charge is 0.467 e. The van der Waals surface area contributed by atoms with Gasteiger partial charge in [-0.15, -0.1) is 0 Å². The van der Waals surface area contributed by atoms with Crippen molar-refractivity contribution in [2.45, 2.75) is 6.54 Å². The quantitative estimate of drug-likeness (QED) is 0.431. The molecule has 0 bridgehead atoms. The fourth-order valence-electron chi connectivity index (χ4n) is 1.64. The lowest BCUT2D eigenvalue weighted by atomic mass is 10.1. The number of nitrogens with zero attached hydrogens (tertiary/aromatic N) is 1. The lowest BCUT2D eigenvalue weighted by molar-refractivity contribution is -0.384. The second kappa shape index (κ2) is 5.85. The molecular weight excluding hydrogens is 264 g/mol. The summed E-state index contributed by atoms with van der Waals surface area (Å²) in [5.41, 5.74) is 2.53. The molecule has 8 nitrogen and oxygen atoms in total. The van der Waals surface area contributed by atoms with Crippen molar-refractivity contribution < 1.29 is 14.1 Å². The van der Waals surface area contributed by atoms with Gasteiger partial charge in [-0.2, -0.15) is 0 Å². The van der Waals surface area contributed by atoms with Gasteiger partial charge in [0.1, 0.15) is 5.76 Å². The van der Waals surface area contributed by atoms with Crippen LogP contribution >= 0.6 is 0 Å². The molecule has 1 amide bonds. The van der Waals surface area contributed by atoms with E-state index in [-0.39, 0.29) is 17.8 Å². The third-order valence-electron chi connectivity index (χ3n) is 2.62. The summed E-state index contributed by atoms with van der Waals surface area (Å²) < 4.78 is 5.08. The number of non-ortho nitro benzene ring substituents is 1. The molecule has 104 valence electrons. The zero-order valence-corrected chi connectivity index (χ0v) is 10.3. The van der Waals surface area contributed by atoms with E-state index in [0.717, 1.165) is 6.07 Å². The van der Waals surface area contributed by atoms with Crippen LogP contribution in [0, 0.1) is 10.1 Å². The molecule has 4 N–H and O–H groups in total. The van der Waals surface area contributed by atoms with Gasteiger partial charge in [-0.25, -0.2) is 0 Å². The van der Waals surface area contributed by atoms with Crippen LogP contribution in [0.4, 0.5) is 11.4 Å². The highest BCUT2D eigenvalue weighted by molar-refractivity contribution is 6.00. The van der Waals surface area contributed by atoms with Gasteiger partial charge in [0.25, 0.3) is 11.6 Å². The number of carbonyl (C=O) groups is 1. The number of nitro groups is 1. The van der Waals surface area contributed by atoms with Crippen LogP contribution in [-0.2, 0) is 6.54 Å². The Bertz CT molecular complexity index is 624. The summed E-state index contributed by atoms with van der Waals surface area (Å²) in [6.07, 6.45) is 1.49. The third-order valence-corrected chi connectivity index (χ3v) is 2.62. The molecule has 0 saturated carbocycles. The predicted molar refractivity (Wildman–Crippen MR) is 70.8 cm³/mol. The molecular formula is C12H12N4O4. The first-order valence-electron chi connectivity index (χ1n) is 5.67. The SMILES string of the molecule is NNc1ccc([N+](=O)[O-])cc1C(=O)NCc1ccco1. The molecule has 1 aromatic carbocycles. The van der Waals surface area contributed by atoms with Gasteiger partial charge in [0.15, 0.2) is 0 Å². The maximum Gasteiger partial charge on any atom is 0.270 e. The van der Waals surface area contributed by atoms with Crippen molar-refractivity contribution in [2.24, 2.45) is 5.84 Å². The van der Waals surface area contributed by atoms with Gasteiger partial charge in [0.2, 0.25) is 0 Å². The second-order valence-corrected chi connectivity index (χ2v) is 3.89. The molecule has 1 heterocycles. The van der Waals surface area contributed by atoms with Gasteiger partial charge in [-0.3, -0.25) is 20.8 Å². The van der Waals surface area contributed by atoms with E-state index in [1.807, 2.05) is 0 Å². The van der Waals surface area contributed by atoms with Crippen LogP contribution in [0.5, 0.6) is 0 Å². The molecule has 2 rings (SSSR count). The molecule has 0 saturated heterocycles. The Morgan fingerprint density at radius 3 is 2.80 bits per heavy atom. The standard InChI is InChI=1S/C12H12N4O4/c13-15-11-4-3-8(16(18)19)6-10(11)12(17)14-7-9-2-1-5-20-9/h1-6,15H,7,13H2,(H,14,17). The van der Waals surface area contributed by atoms with Crippen LogP contribution in [-0.4, -0.2) is 10.8 Å². The number of amides is 1. The predicted octanol–water partition coefficient (Wildman–Crippen LogP) is 1.40. The van der Waals surface area contributed by atoms with Crippen molar-refractivity contribution in [1.29, 1.82) is 0 Å². The molecule has 0 fully saturated rings. The minimum Gasteiger partial charge on any atom is -0.467 e. The zero-order chi connectivity index (χ0) is 14.5. The summed E-state index contributed by atoms with van der Waals surface area (Å²) in [4.78, 5) is 22.2. The summed E-state index contributed by atoms with van der Waals surface area (Å²) in [7, 11) is 0. The number of nitrogens with two attached hydrogens (primary N) is 1. The van der Waals surface area contributed by atoms with Crippen molar-refractivity contribution in [3.05, 3.63) is 58.0 Å². The maximum absolute atomic E-state index is 12.0. The number of nitrogens with one attached hydrogen (secondary N) is 2. The number of nitro benzene ring substituents is 1. The van der Waals surface area contributed by atoms with Crippen molar-refractivity contribution in [3.63, 3.8) is 0 Å². The third kappa shape index (κ3) is 2.93. The highest BCUT2D eigenvalue weighted by Crippen LogP contribution is 2.21. The minimum atomic E-state index is -0.580. The maximum atomic E-state index is 12.0. The van der Waals surface area contributed by atoms with Gasteiger partial charge in [-0.05, 0) is 18.2 Å². The average molecular weight is 276 g/mol.